The van der Waals surface area contributed by atoms with Gasteiger partial charge in [-0.1, -0.05) is 39.1 Å². The highest BCUT2D eigenvalue weighted by Crippen LogP contribution is 2.33. The Morgan fingerprint density at radius 3 is 2.50 bits per heavy atom. The van der Waals surface area contributed by atoms with Crippen LogP contribution in [0.2, 0.25) is 10.0 Å². The Bertz CT molecular complexity index is 912. The van der Waals surface area contributed by atoms with E-state index in [1.54, 1.807) is 37.5 Å². The molecule has 3 rings (SSSR count). The summed E-state index contributed by atoms with van der Waals surface area (Å²) in [7, 11) is 0. The second-order valence-electron chi connectivity index (χ2n) is 5.14. The molecule has 1 aromatic carbocycles. The summed E-state index contributed by atoms with van der Waals surface area (Å²) in [4.78, 5) is 24.7. The molecule has 3 aromatic rings. The largest absolute Gasteiger partial charge is 0.328 e. The number of halogens is 3. The van der Waals surface area contributed by atoms with Crippen LogP contribution >= 0.6 is 39.1 Å². The maximum Gasteiger partial charge on any atom is 0.319 e. The second kappa shape index (κ2) is 7.98. The highest BCUT2D eigenvalue weighted by atomic mass is 79.9. The molecule has 0 aliphatic heterocycles. The van der Waals surface area contributed by atoms with E-state index in [1.165, 1.54) is 11.0 Å². The molecular formula is C15H12BrCl2N7O. The van der Waals surface area contributed by atoms with Gasteiger partial charge >= 0.3 is 6.03 Å². The molecule has 0 radical (unpaired) electrons. The summed E-state index contributed by atoms with van der Waals surface area (Å²) in [5.41, 5.74) is 0.314. The van der Waals surface area contributed by atoms with Crippen LogP contribution in [-0.2, 0) is 0 Å². The van der Waals surface area contributed by atoms with Crippen molar-refractivity contribution in [3.8, 4) is 5.95 Å². The van der Waals surface area contributed by atoms with E-state index in [2.05, 4.69) is 46.6 Å². The first kappa shape index (κ1) is 18.6. The van der Waals surface area contributed by atoms with Gasteiger partial charge in [0.1, 0.15) is 6.33 Å². The van der Waals surface area contributed by atoms with Crippen molar-refractivity contribution in [3.63, 3.8) is 0 Å². The molecule has 0 bridgehead atoms. The van der Waals surface area contributed by atoms with Crippen molar-refractivity contribution in [3.05, 3.63) is 57.3 Å². The minimum Gasteiger partial charge on any atom is -0.328 e. The topological polar surface area (TPSA) is 97.6 Å². The number of carbonyl (C=O) groups excluding carboxylic acids is 1. The standard InChI is InChI=1S/C15H12BrCl2N7O/c1-8(13-21-7-22-25(13)14-19-3-2-4-20-14)23-15(26)24-12-10(17)5-9(16)6-11(12)18/h2-8H,1H3,(H2,23,24,26)/t8-/m0/s1. The highest BCUT2D eigenvalue weighted by Gasteiger charge is 2.19. The van der Waals surface area contributed by atoms with E-state index < -0.39 is 12.1 Å². The van der Waals surface area contributed by atoms with Crippen molar-refractivity contribution in [1.29, 1.82) is 0 Å². The van der Waals surface area contributed by atoms with Crippen LogP contribution in [0.3, 0.4) is 0 Å². The van der Waals surface area contributed by atoms with Gasteiger partial charge in [0.25, 0.3) is 5.95 Å². The fraction of sp³-hybridized carbons (Fsp3) is 0.133. The van der Waals surface area contributed by atoms with Crippen molar-refractivity contribution in [2.45, 2.75) is 13.0 Å². The van der Waals surface area contributed by atoms with E-state index >= 15 is 0 Å². The van der Waals surface area contributed by atoms with E-state index in [1.807, 2.05) is 0 Å². The number of anilines is 1. The van der Waals surface area contributed by atoms with Crippen LogP contribution < -0.4 is 10.6 Å². The Labute approximate surface area is 167 Å². The van der Waals surface area contributed by atoms with Gasteiger partial charge in [0.15, 0.2) is 5.82 Å². The molecule has 1 atom stereocenters. The Balaban J connectivity index is 1.74. The third kappa shape index (κ3) is 4.12. The van der Waals surface area contributed by atoms with Gasteiger partial charge in [-0.15, -0.1) is 0 Å². The molecule has 0 unspecified atom stereocenters. The normalized spacial score (nSPS) is 11.8. The molecule has 0 aliphatic rings. The van der Waals surface area contributed by atoms with E-state index in [9.17, 15) is 4.79 Å². The fourth-order valence-corrected chi connectivity index (χ4v) is 3.48. The van der Waals surface area contributed by atoms with Crippen LogP contribution in [-0.4, -0.2) is 30.8 Å². The lowest BCUT2D eigenvalue weighted by Crippen LogP contribution is -2.33. The molecule has 0 spiro atoms. The number of amides is 2. The third-order valence-corrected chi connectivity index (χ3v) is 4.35. The van der Waals surface area contributed by atoms with Gasteiger partial charge in [0, 0.05) is 16.9 Å². The summed E-state index contributed by atoms with van der Waals surface area (Å²) in [5.74, 6) is 0.826. The fourth-order valence-electron chi connectivity index (χ4n) is 2.17. The number of nitrogens with one attached hydrogen (secondary N) is 2. The molecule has 2 heterocycles. The second-order valence-corrected chi connectivity index (χ2v) is 6.87. The van der Waals surface area contributed by atoms with Gasteiger partial charge in [-0.3, -0.25) is 0 Å². The van der Waals surface area contributed by atoms with Gasteiger partial charge in [-0.25, -0.2) is 19.7 Å². The number of aromatic nitrogens is 5. The van der Waals surface area contributed by atoms with Crippen LogP contribution in [0.25, 0.3) is 5.95 Å². The minimum absolute atomic E-state index is 0.313. The number of benzene rings is 1. The number of urea groups is 1. The molecule has 2 aromatic heterocycles. The number of nitrogens with zero attached hydrogens (tertiary/aromatic N) is 5. The predicted octanol–water partition coefficient (Wildman–Crippen LogP) is 4.01. The van der Waals surface area contributed by atoms with Gasteiger partial charge in [0.2, 0.25) is 0 Å². The molecule has 134 valence electrons. The average Bonchev–Trinajstić information content (AvgIpc) is 3.08. The van der Waals surface area contributed by atoms with Crippen LogP contribution in [0.5, 0.6) is 0 Å². The third-order valence-electron chi connectivity index (χ3n) is 3.30. The van der Waals surface area contributed by atoms with E-state index in [-0.39, 0.29) is 0 Å². The number of hydrogen-bond acceptors (Lipinski definition) is 5. The maximum atomic E-state index is 12.3. The van der Waals surface area contributed by atoms with Gasteiger partial charge < -0.3 is 10.6 Å². The van der Waals surface area contributed by atoms with E-state index in [0.717, 1.165) is 0 Å². The van der Waals surface area contributed by atoms with E-state index in [0.29, 0.717) is 32.0 Å². The highest BCUT2D eigenvalue weighted by molar-refractivity contribution is 9.10. The molecule has 2 amide bonds. The molecule has 2 N–H and O–H groups in total. The Hall–Kier alpha value is -2.23. The summed E-state index contributed by atoms with van der Waals surface area (Å²) in [6.07, 6.45) is 4.55. The zero-order valence-corrected chi connectivity index (χ0v) is 16.4. The maximum absolute atomic E-state index is 12.3. The molecule has 8 nitrogen and oxygen atoms in total. The van der Waals surface area contributed by atoms with Crippen molar-refractivity contribution < 1.29 is 4.79 Å². The van der Waals surface area contributed by atoms with Crippen LogP contribution in [0.15, 0.2) is 41.4 Å². The molecule has 26 heavy (non-hydrogen) atoms. The minimum atomic E-state index is -0.493. The first-order valence-electron chi connectivity index (χ1n) is 7.35. The average molecular weight is 457 g/mol. The lowest BCUT2D eigenvalue weighted by Gasteiger charge is -2.16. The quantitative estimate of drug-likeness (QED) is 0.618. The molecule has 0 fully saturated rings. The number of rotatable bonds is 4. The smallest absolute Gasteiger partial charge is 0.319 e. The Kier molecular flexibility index (Phi) is 5.70. The summed E-state index contributed by atoms with van der Waals surface area (Å²) >= 11 is 15.5. The van der Waals surface area contributed by atoms with Crippen molar-refractivity contribution >= 4 is 50.9 Å². The summed E-state index contributed by atoms with van der Waals surface area (Å²) in [6, 6.07) is 3.99. The van der Waals surface area contributed by atoms with E-state index in [4.69, 9.17) is 23.2 Å². The van der Waals surface area contributed by atoms with Crippen LogP contribution in [0.4, 0.5) is 10.5 Å². The van der Waals surface area contributed by atoms with Crippen LogP contribution in [0, 0.1) is 0 Å². The molecule has 0 aliphatic carbocycles. The summed E-state index contributed by atoms with van der Waals surface area (Å²) < 4.78 is 2.16. The number of carbonyl (C=O) groups is 1. The lowest BCUT2D eigenvalue weighted by molar-refractivity contribution is 0.248. The molecular weight excluding hydrogens is 445 g/mol. The molecule has 11 heteroatoms. The first-order valence-corrected chi connectivity index (χ1v) is 8.90. The van der Waals surface area contributed by atoms with Gasteiger partial charge in [-0.05, 0) is 25.1 Å². The SMILES string of the molecule is C[C@H](NC(=O)Nc1c(Cl)cc(Br)cc1Cl)c1ncnn1-c1ncccn1. The first-order chi connectivity index (χ1) is 12.5. The number of hydrogen-bond donors (Lipinski definition) is 2. The van der Waals surface area contributed by atoms with Crippen molar-refractivity contribution in [1.82, 2.24) is 30.0 Å². The summed E-state index contributed by atoms with van der Waals surface area (Å²) in [5, 5.41) is 10.1. The van der Waals surface area contributed by atoms with Gasteiger partial charge in [-0.2, -0.15) is 9.78 Å². The monoisotopic (exact) mass is 455 g/mol. The predicted molar refractivity (Wildman–Crippen MR) is 102 cm³/mol. The van der Waals surface area contributed by atoms with Crippen LogP contribution in [0.1, 0.15) is 18.8 Å². The molecule has 0 saturated carbocycles. The Morgan fingerprint density at radius 2 is 1.85 bits per heavy atom. The Morgan fingerprint density at radius 1 is 1.19 bits per heavy atom. The van der Waals surface area contributed by atoms with Crippen molar-refractivity contribution in [2.24, 2.45) is 0 Å². The molecule has 0 saturated heterocycles. The zero-order valence-electron chi connectivity index (χ0n) is 13.3. The zero-order chi connectivity index (χ0) is 18.7. The van der Waals surface area contributed by atoms with Crippen molar-refractivity contribution in [2.75, 3.05) is 5.32 Å². The lowest BCUT2D eigenvalue weighted by atomic mass is 10.3. The summed E-state index contributed by atoms with van der Waals surface area (Å²) in [6.45, 7) is 1.76. The van der Waals surface area contributed by atoms with Gasteiger partial charge in [0.05, 0.1) is 21.8 Å².